The van der Waals surface area contributed by atoms with Crippen LogP contribution in [0.3, 0.4) is 0 Å². The van der Waals surface area contributed by atoms with Gasteiger partial charge < -0.3 is 15.7 Å². The first-order valence-corrected chi connectivity index (χ1v) is 6.86. The second kappa shape index (κ2) is 6.05. The Labute approximate surface area is 118 Å². The maximum Gasteiger partial charge on any atom is 0.303 e. The monoisotopic (exact) mass is 276 g/mol. The van der Waals surface area contributed by atoms with Crippen molar-refractivity contribution in [2.75, 3.05) is 11.9 Å². The minimum Gasteiger partial charge on any atom is -0.481 e. The lowest BCUT2D eigenvalue weighted by Crippen LogP contribution is -2.31. The van der Waals surface area contributed by atoms with Crippen LogP contribution in [-0.2, 0) is 16.0 Å². The largest absolute Gasteiger partial charge is 0.481 e. The summed E-state index contributed by atoms with van der Waals surface area (Å²) in [6.07, 6.45) is 2.65. The Hall–Kier alpha value is -1.88. The molecule has 1 heterocycles. The molecule has 108 valence electrons. The molecule has 1 amide bonds. The van der Waals surface area contributed by atoms with Crippen LogP contribution in [0, 0.1) is 0 Å². The maximum atomic E-state index is 11.6. The number of aliphatic carboxylic acids is 1. The lowest BCUT2D eigenvalue weighted by molar-refractivity contribution is -0.137. The molecule has 0 saturated heterocycles. The van der Waals surface area contributed by atoms with Crippen molar-refractivity contribution in [2.24, 2.45) is 5.73 Å². The van der Waals surface area contributed by atoms with Crippen molar-refractivity contribution in [1.29, 1.82) is 0 Å². The minimum absolute atomic E-state index is 0.135. The number of nitrogens with zero attached hydrogens (tertiary/aromatic N) is 1. The van der Waals surface area contributed by atoms with Gasteiger partial charge in [-0.2, -0.15) is 0 Å². The summed E-state index contributed by atoms with van der Waals surface area (Å²) in [6.45, 7) is 0. The lowest BCUT2D eigenvalue weighted by atomic mass is 9.95. The fraction of sp³-hybridized carbons (Fsp3) is 0.467. The third-order valence-electron chi connectivity index (χ3n) is 3.78. The van der Waals surface area contributed by atoms with Gasteiger partial charge in [-0.1, -0.05) is 12.1 Å². The Morgan fingerprint density at radius 1 is 1.45 bits per heavy atom. The molecule has 1 aliphatic rings. The van der Waals surface area contributed by atoms with Crippen molar-refractivity contribution in [3.8, 4) is 0 Å². The Balaban J connectivity index is 2.07. The predicted molar refractivity (Wildman–Crippen MR) is 76.6 cm³/mol. The van der Waals surface area contributed by atoms with Gasteiger partial charge in [0.25, 0.3) is 0 Å². The van der Waals surface area contributed by atoms with Gasteiger partial charge in [0.15, 0.2) is 0 Å². The zero-order valence-electron chi connectivity index (χ0n) is 11.6. The van der Waals surface area contributed by atoms with E-state index < -0.39 is 5.97 Å². The standard InChI is InChI=1S/C15H20N2O3/c1-17-13-7-5-10(9-11(13)6-8-14(17)18)12(16)3-2-4-15(19)20/h5,7,9,12H,2-4,6,8,16H2,1H3,(H,19,20). The van der Waals surface area contributed by atoms with E-state index in [9.17, 15) is 9.59 Å². The highest BCUT2D eigenvalue weighted by Gasteiger charge is 2.21. The number of carbonyl (C=O) groups is 2. The molecule has 2 rings (SSSR count). The fourth-order valence-electron chi connectivity index (χ4n) is 2.55. The van der Waals surface area contributed by atoms with Crippen LogP contribution in [0.4, 0.5) is 5.69 Å². The number of fused-ring (bicyclic) bond motifs is 1. The van der Waals surface area contributed by atoms with E-state index in [1.807, 2.05) is 18.2 Å². The number of carboxylic acids is 1. The fourth-order valence-corrected chi connectivity index (χ4v) is 2.55. The Kier molecular flexibility index (Phi) is 4.39. The number of hydrogen-bond acceptors (Lipinski definition) is 3. The van der Waals surface area contributed by atoms with E-state index in [0.29, 0.717) is 19.3 Å². The molecular formula is C15H20N2O3. The van der Waals surface area contributed by atoms with Crippen molar-refractivity contribution in [3.05, 3.63) is 29.3 Å². The lowest BCUT2D eigenvalue weighted by Gasteiger charge is -2.26. The Bertz CT molecular complexity index is 528. The molecule has 0 spiro atoms. The highest BCUT2D eigenvalue weighted by Crippen LogP contribution is 2.29. The summed E-state index contributed by atoms with van der Waals surface area (Å²) >= 11 is 0. The molecule has 5 heteroatoms. The van der Waals surface area contributed by atoms with Crippen molar-refractivity contribution in [3.63, 3.8) is 0 Å². The van der Waals surface area contributed by atoms with Crippen molar-refractivity contribution < 1.29 is 14.7 Å². The molecular weight excluding hydrogens is 256 g/mol. The zero-order valence-corrected chi connectivity index (χ0v) is 11.6. The quantitative estimate of drug-likeness (QED) is 0.859. The summed E-state index contributed by atoms with van der Waals surface area (Å²) in [7, 11) is 1.78. The summed E-state index contributed by atoms with van der Waals surface area (Å²) in [6, 6.07) is 5.75. The number of carbonyl (C=O) groups excluding carboxylic acids is 1. The van der Waals surface area contributed by atoms with E-state index in [0.717, 1.165) is 23.2 Å². The molecule has 1 atom stereocenters. The van der Waals surface area contributed by atoms with Crippen molar-refractivity contribution in [1.82, 2.24) is 0 Å². The Morgan fingerprint density at radius 3 is 2.90 bits per heavy atom. The predicted octanol–water partition coefficient (Wildman–Crippen LogP) is 1.85. The number of amides is 1. The number of benzene rings is 1. The number of rotatable bonds is 5. The van der Waals surface area contributed by atoms with Gasteiger partial charge in [0.05, 0.1) is 0 Å². The van der Waals surface area contributed by atoms with Gasteiger partial charge in [0, 0.05) is 31.6 Å². The van der Waals surface area contributed by atoms with E-state index in [1.54, 1.807) is 11.9 Å². The average Bonchev–Trinajstić information content (AvgIpc) is 2.42. The van der Waals surface area contributed by atoms with Crippen LogP contribution in [0.5, 0.6) is 0 Å². The molecule has 5 nitrogen and oxygen atoms in total. The van der Waals surface area contributed by atoms with E-state index >= 15 is 0 Å². The van der Waals surface area contributed by atoms with Crippen LogP contribution in [0.2, 0.25) is 0 Å². The number of hydrogen-bond donors (Lipinski definition) is 2. The SMILES string of the molecule is CN1C(=O)CCc2cc(C(N)CCCC(=O)O)ccc21. The van der Waals surface area contributed by atoms with E-state index in [-0.39, 0.29) is 18.4 Å². The normalized spacial score (nSPS) is 15.9. The molecule has 3 N–H and O–H groups in total. The summed E-state index contributed by atoms with van der Waals surface area (Å²) in [5.41, 5.74) is 9.20. The first-order chi connectivity index (χ1) is 9.49. The molecule has 1 unspecified atom stereocenters. The molecule has 1 aromatic rings. The molecule has 0 radical (unpaired) electrons. The molecule has 0 aromatic heterocycles. The van der Waals surface area contributed by atoms with Gasteiger partial charge in [-0.15, -0.1) is 0 Å². The van der Waals surface area contributed by atoms with Gasteiger partial charge in [-0.25, -0.2) is 0 Å². The molecule has 0 fully saturated rings. The van der Waals surface area contributed by atoms with Gasteiger partial charge in [-0.3, -0.25) is 9.59 Å². The maximum absolute atomic E-state index is 11.6. The van der Waals surface area contributed by atoms with Crippen LogP contribution in [0.25, 0.3) is 0 Å². The summed E-state index contributed by atoms with van der Waals surface area (Å²) in [5.74, 6) is -0.654. The number of nitrogens with two attached hydrogens (primary N) is 1. The topological polar surface area (TPSA) is 83.6 Å². The second-order valence-electron chi connectivity index (χ2n) is 5.23. The average molecular weight is 276 g/mol. The van der Waals surface area contributed by atoms with Crippen molar-refractivity contribution >= 4 is 17.6 Å². The van der Waals surface area contributed by atoms with Crippen LogP contribution in [0.15, 0.2) is 18.2 Å². The second-order valence-corrected chi connectivity index (χ2v) is 5.23. The van der Waals surface area contributed by atoms with Gasteiger partial charge >= 0.3 is 5.97 Å². The first kappa shape index (κ1) is 14.5. The number of carboxylic acid groups (broad SMARTS) is 1. The molecule has 0 bridgehead atoms. The molecule has 1 aliphatic heterocycles. The third kappa shape index (κ3) is 3.17. The van der Waals surface area contributed by atoms with Gasteiger partial charge in [-0.05, 0) is 36.5 Å². The van der Waals surface area contributed by atoms with E-state index in [2.05, 4.69) is 0 Å². The molecule has 20 heavy (non-hydrogen) atoms. The van der Waals surface area contributed by atoms with E-state index in [4.69, 9.17) is 10.8 Å². The summed E-state index contributed by atoms with van der Waals surface area (Å²) in [4.78, 5) is 23.8. The summed E-state index contributed by atoms with van der Waals surface area (Å²) in [5, 5.41) is 8.63. The smallest absolute Gasteiger partial charge is 0.303 e. The van der Waals surface area contributed by atoms with Crippen LogP contribution in [-0.4, -0.2) is 24.0 Å². The third-order valence-corrected chi connectivity index (χ3v) is 3.78. The van der Waals surface area contributed by atoms with Crippen LogP contribution in [0.1, 0.15) is 42.9 Å². The molecule has 0 saturated carbocycles. The molecule has 1 aromatic carbocycles. The van der Waals surface area contributed by atoms with Crippen LogP contribution < -0.4 is 10.6 Å². The van der Waals surface area contributed by atoms with Crippen molar-refractivity contribution in [2.45, 2.75) is 38.1 Å². The highest BCUT2D eigenvalue weighted by molar-refractivity contribution is 5.95. The number of aryl methyl sites for hydroxylation is 1. The molecule has 0 aliphatic carbocycles. The Morgan fingerprint density at radius 2 is 2.20 bits per heavy atom. The minimum atomic E-state index is -0.789. The first-order valence-electron chi connectivity index (χ1n) is 6.86. The summed E-state index contributed by atoms with van der Waals surface area (Å²) < 4.78 is 0. The highest BCUT2D eigenvalue weighted by atomic mass is 16.4. The number of anilines is 1. The van der Waals surface area contributed by atoms with E-state index in [1.165, 1.54) is 0 Å². The zero-order chi connectivity index (χ0) is 14.7. The van der Waals surface area contributed by atoms with Crippen LogP contribution >= 0.6 is 0 Å². The van der Waals surface area contributed by atoms with Gasteiger partial charge in [0.2, 0.25) is 5.91 Å². The van der Waals surface area contributed by atoms with Gasteiger partial charge in [0.1, 0.15) is 0 Å².